The summed E-state index contributed by atoms with van der Waals surface area (Å²) in [6.07, 6.45) is 1.79. The van der Waals surface area contributed by atoms with E-state index in [1.54, 1.807) is 12.1 Å². The van der Waals surface area contributed by atoms with Gasteiger partial charge in [-0.1, -0.05) is 12.1 Å². The quantitative estimate of drug-likeness (QED) is 0.795. The van der Waals surface area contributed by atoms with Crippen molar-refractivity contribution in [2.75, 3.05) is 0 Å². The molecule has 1 N–H and O–H groups in total. The predicted molar refractivity (Wildman–Crippen MR) is 76.0 cm³/mol. The molecule has 6 heteroatoms. The molecule has 0 fully saturated rings. The van der Waals surface area contributed by atoms with E-state index in [0.29, 0.717) is 17.9 Å². The zero-order valence-electron chi connectivity index (χ0n) is 10.7. The number of aromatic carboxylic acids is 1. The van der Waals surface area contributed by atoms with Crippen molar-refractivity contribution >= 4 is 17.3 Å². The van der Waals surface area contributed by atoms with E-state index in [0.717, 1.165) is 10.6 Å². The van der Waals surface area contributed by atoms with Gasteiger partial charge in [0.2, 0.25) is 0 Å². The van der Waals surface area contributed by atoms with E-state index < -0.39 is 5.97 Å². The minimum Gasteiger partial charge on any atom is -0.478 e. The Balaban J connectivity index is 1.79. The van der Waals surface area contributed by atoms with E-state index >= 15 is 0 Å². The number of aromatic nitrogens is 1. The van der Waals surface area contributed by atoms with Crippen molar-refractivity contribution in [3.8, 4) is 11.5 Å². The third-order valence-corrected chi connectivity index (χ3v) is 3.77. The second-order valence-corrected chi connectivity index (χ2v) is 5.38. The van der Waals surface area contributed by atoms with Gasteiger partial charge in [0.25, 0.3) is 0 Å². The van der Waals surface area contributed by atoms with Crippen molar-refractivity contribution in [1.29, 1.82) is 0 Å². The highest BCUT2D eigenvalue weighted by molar-refractivity contribution is 7.10. The number of thiazole rings is 1. The maximum atomic E-state index is 12.8. The van der Waals surface area contributed by atoms with E-state index in [1.165, 1.54) is 35.8 Å². The summed E-state index contributed by atoms with van der Waals surface area (Å²) < 4.78 is 18.1. The number of hydrogen-bond acceptors (Lipinski definition) is 4. The highest BCUT2D eigenvalue weighted by Gasteiger charge is 2.12. The topological polar surface area (TPSA) is 63.3 Å². The standard InChI is InChI=1S/C15H10FNO3S/c16-11-3-1-9(2-4-11)5-14-17-12(8-21-14)13-6-10(7-20-13)15(18)19/h1-4,6-8H,5H2,(H,18,19). The van der Waals surface area contributed by atoms with Crippen molar-refractivity contribution in [1.82, 2.24) is 4.98 Å². The van der Waals surface area contributed by atoms with Gasteiger partial charge in [-0.2, -0.15) is 0 Å². The van der Waals surface area contributed by atoms with Crippen LogP contribution in [-0.2, 0) is 6.42 Å². The molecule has 3 rings (SSSR count). The summed E-state index contributed by atoms with van der Waals surface area (Å²) in [5.74, 6) is -0.879. The lowest BCUT2D eigenvalue weighted by Crippen LogP contribution is -1.91. The molecule has 0 saturated heterocycles. The molecule has 0 spiro atoms. The molecule has 0 radical (unpaired) electrons. The van der Waals surface area contributed by atoms with Crippen LogP contribution in [0.4, 0.5) is 4.39 Å². The van der Waals surface area contributed by atoms with Crippen molar-refractivity contribution in [3.63, 3.8) is 0 Å². The molecule has 0 amide bonds. The predicted octanol–water partition coefficient (Wildman–Crippen LogP) is 3.83. The average molecular weight is 303 g/mol. The number of carboxylic acid groups (broad SMARTS) is 1. The summed E-state index contributed by atoms with van der Waals surface area (Å²) in [5, 5.41) is 11.5. The molecule has 0 atom stereocenters. The van der Waals surface area contributed by atoms with Crippen molar-refractivity contribution < 1.29 is 18.7 Å². The first-order valence-electron chi connectivity index (χ1n) is 6.13. The van der Waals surface area contributed by atoms with Crippen LogP contribution in [0.1, 0.15) is 20.9 Å². The van der Waals surface area contributed by atoms with E-state index in [2.05, 4.69) is 4.98 Å². The van der Waals surface area contributed by atoms with Crippen LogP contribution in [0.2, 0.25) is 0 Å². The Morgan fingerprint density at radius 3 is 2.76 bits per heavy atom. The van der Waals surface area contributed by atoms with Crippen molar-refractivity contribution in [3.05, 3.63) is 63.9 Å². The van der Waals surface area contributed by atoms with Crippen LogP contribution in [0.5, 0.6) is 0 Å². The number of furan rings is 1. The molecule has 106 valence electrons. The summed E-state index contributed by atoms with van der Waals surface area (Å²) in [6.45, 7) is 0. The monoisotopic (exact) mass is 303 g/mol. The molecule has 0 bridgehead atoms. The Bertz CT molecular complexity index is 776. The fraction of sp³-hybridized carbons (Fsp3) is 0.0667. The Morgan fingerprint density at radius 1 is 1.33 bits per heavy atom. The van der Waals surface area contributed by atoms with Gasteiger partial charge in [-0.3, -0.25) is 0 Å². The second-order valence-electron chi connectivity index (χ2n) is 4.43. The van der Waals surface area contributed by atoms with Gasteiger partial charge in [-0.15, -0.1) is 11.3 Å². The number of halogens is 1. The summed E-state index contributed by atoms with van der Waals surface area (Å²) in [6, 6.07) is 7.70. The lowest BCUT2D eigenvalue weighted by molar-refractivity contribution is 0.0696. The van der Waals surface area contributed by atoms with Crippen LogP contribution in [-0.4, -0.2) is 16.1 Å². The molecule has 4 nitrogen and oxygen atoms in total. The van der Waals surface area contributed by atoms with Gasteiger partial charge in [0.15, 0.2) is 5.76 Å². The molecule has 1 aromatic carbocycles. The number of carbonyl (C=O) groups is 1. The van der Waals surface area contributed by atoms with Gasteiger partial charge in [0, 0.05) is 17.9 Å². The van der Waals surface area contributed by atoms with E-state index in [9.17, 15) is 9.18 Å². The number of rotatable bonds is 4. The molecule has 2 aromatic heterocycles. The zero-order chi connectivity index (χ0) is 14.8. The summed E-state index contributed by atoms with van der Waals surface area (Å²) in [5.41, 5.74) is 1.66. The Hall–Kier alpha value is -2.47. The lowest BCUT2D eigenvalue weighted by atomic mass is 10.1. The van der Waals surface area contributed by atoms with Gasteiger partial charge in [0.1, 0.15) is 17.8 Å². The van der Waals surface area contributed by atoms with Crippen LogP contribution >= 0.6 is 11.3 Å². The molecule has 2 heterocycles. The highest BCUT2D eigenvalue weighted by atomic mass is 32.1. The third kappa shape index (κ3) is 3.00. The largest absolute Gasteiger partial charge is 0.478 e. The normalized spacial score (nSPS) is 10.7. The molecule has 21 heavy (non-hydrogen) atoms. The fourth-order valence-electron chi connectivity index (χ4n) is 1.86. The minimum absolute atomic E-state index is 0.0954. The average Bonchev–Trinajstić information content (AvgIpc) is 3.10. The first-order chi connectivity index (χ1) is 10.1. The highest BCUT2D eigenvalue weighted by Crippen LogP contribution is 2.25. The van der Waals surface area contributed by atoms with Gasteiger partial charge < -0.3 is 9.52 Å². The molecular formula is C15H10FNO3S. The minimum atomic E-state index is -1.04. The zero-order valence-corrected chi connectivity index (χ0v) is 11.6. The van der Waals surface area contributed by atoms with Crippen molar-refractivity contribution in [2.45, 2.75) is 6.42 Å². The van der Waals surface area contributed by atoms with Crippen LogP contribution < -0.4 is 0 Å². The van der Waals surface area contributed by atoms with Crippen LogP contribution in [0.15, 0.2) is 46.4 Å². The Kier molecular flexibility index (Phi) is 3.53. The van der Waals surface area contributed by atoms with Gasteiger partial charge >= 0.3 is 5.97 Å². The molecule has 0 saturated carbocycles. The number of hydrogen-bond donors (Lipinski definition) is 1. The molecule has 0 aliphatic heterocycles. The van der Waals surface area contributed by atoms with Crippen molar-refractivity contribution in [2.24, 2.45) is 0 Å². The fourth-order valence-corrected chi connectivity index (χ4v) is 2.68. The maximum absolute atomic E-state index is 12.8. The number of benzene rings is 1. The number of nitrogens with zero attached hydrogens (tertiary/aromatic N) is 1. The maximum Gasteiger partial charge on any atom is 0.338 e. The van der Waals surface area contributed by atoms with Gasteiger partial charge in [-0.05, 0) is 17.7 Å². The smallest absolute Gasteiger partial charge is 0.338 e. The van der Waals surface area contributed by atoms with Crippen LogP contribution in [0, 0.1) is 5.82 Å². The molecule has 3 aromatic rings. The summed E-state index contributed by atoms with van der Waals surface area (Å²) in [4.78, 5) is 15.2. The molecular weight excluding hydrogens is 293 g/mol. The first kappa shape index (κ1) is 13.5. The second kappa shape index (κ2) is 5.49. The SMILES string of the molecule is O=C(O)c1coc(-c2csc(Cc3ccc(F)cc3)n2)c1. The van der Waals surface area contributed by atoms with E-state index in [1.807, 2.05) is 5.38 Å². The molecule has 0 aliphatic rings. The van der Waals surface area contributed by atoms with Crippen LogP contribution in [0.3, 0.4) is 0 Å². The van der Waals surface area contributed by atoms with Gasteiger partial charge in [0.05, 0.1) is 10.6 Å². The molecule has 0 aliphatic carbocycles. The Morgan fingerprint density at radius 2 is 2.10 bits per heavy atom. The lowest BCUT2D eigenvalue weighted by Gasteiger charge is -1.97. The van der Waals surface area contributed by atoms with Gasteiger partial charge in [-0.25, -0.2) is 14.2 Å². The summed E-state index contributed by atoms with van der Waals surface area (Å²) >= 11 is 1.45. The number of carboxylic acids is 1. The van der Waals surface area contributed by atoms with E-state index in [4.69, 9.17) is 9.52 Å². The first-order valence-corrected chi connectivity index (χ1v) is 7.01. The summed E-state index contributed by atoms with van der Waals surface area (Å²) in [7, 11) is 0. The van der Waals surface area contributed by atoms with Crippen LogP contribution in [0.25, 0.3) is 11.5 Å². The molecule has 0 unspecified atom stereocenters. The third-order valence-electron chi connectivity index (χ3n) is 2.92. The Labute approximate surface area is 123 Å². The van der Waals surface area contributed by atoms with E-state index in [-0.39, 0.29) is 11.4 Å².